The van der Waals surface area contributed by atoms with Gasteiger partial charge in [-0.2, -0.15) is 0 Å². The van der Waals surface area contributed by atoms with Gasteiger partial charge in [0.1, 0.15) is 14.1 Å². The first kappa shape index (κ1) is 11.4. The Morgan fingerprint density at radius 2 is 1.12 bits per heavy atom. The molecule has 0 saturated carbocycles. The summed E-state index contributed by atoms with van der Waals surface area (Å²) in [6.07, 6.45) is 8.07. The fourth-order valence-electron chi connectivity index (χ4n) is 1.49. The van der Waals surface area contributed by atoms with Crippen LogP contribution < -0.4 is 19.8 Å². The molecule has 0 radical (unpaired) electrons. The number of hydrogen-bond donors (Lipinski definition) is 2. The Morgan fingerprint density at radius 3 is 1.47 bits per heavy atom. The van der Waals surface area contributed by atoms with Crippen LogP contribution >= 0.6 is 0 Å². The van der Waals surface area contributed by atoms with Crippen LogP contribution in [0.25, 0.3) is 0 Å². The van der Waals surface area contributed by atoms with E-state index in [2.05, 4.69) is 10.6 Å². The molecule has 0 saturated heterocycles. The summed E-state index contributed by atoms with van der Waals surface area (Å²) in [7, 11) is 4.01. The van der Waals surface area contributed by atoms with Crippen molar-refractivity contribution in [2.45, 2.75) is 0 Å². The van der Waals surface area contributed by atoms with Crippen molar-refractivity contribution in [2.24, 2.45) is 14.1 Å². The molecule has 2 aromatic heterocycles. The highest BCUT2D eigenvalue weighted by atomic mass is 15.1. The van der Waals surface area contributed by atoms with Crippen LogP contribution in [-0.2, 0) is 14.1 Å². The number of hydrogen-bond acceptors (Lipinski definition) is 2. The van der Waals surface area contributed by atoms with Crippen LogP contribution in [0.1, 0.15) is 0 Å². The highest BCUT2D eigenvalue weighted by Gasteiger charge is 1.96. The van der Waals surface area contributed by atoms with Gasteiger partial charge in [-0.25, -0.2) is 9.13 Å². The summed E-state index contributed by atoms with van der Waals surface area (Å²) in [5.74, 6) is 0. The van der Waals surface area contributed by atoms with E-state index in [1.54, 1.807) is 0 Å². The van der Waals surface area contributed by atoms with Gasteiger partial charge in [-0.1, -0.05) is 0 Å². The second kappa shape index (κ2) is 5.30. The lowest BCUT2D eigenvalue weighted by molar-refractivity contribution is -0.671. The second-order valence-electron chi connectivity index (χ2n) is 4.03. The van der Waals surface area contributed by atoms with Gasteiger partial charge in [-0.3, -0.25) is 0 Å². The first-order chi connectivity index (χ1) is 8.24. The molecule has 88 valence electrons. The molecule has 0 fully saturated rings. The molecule has 4 heteroatoms. The van der Waals surface area contributed by atoms with E-state index in [0.717, 1.165) is 11.4 Å². The number of aryl methyl sites for hydroxylation is 2. The van der Waals surface area contributed by atoms with Gasteiger partial charge < -0.3 is 10.6 Å². The summed E-state index contributed by atoms with van der Waals surface area (Å²) in [5.41, 5.74) is 2.22. The van der Waals surface area contributed by atoms with E-state index in [1.165, 1.54) is 0 Å². The molecule has 0 aliphatic heterocycles. The van der Waals surface area contributed by atoms with E-state index in [9.17, 15) is 0 Å². The number of nitrogens with zero attached hydrogens (tertiary/aromatic N) is 2. The van der Waals surface area contributed by atoms with Gasteiger partial charge in [0.2, 0.25) is 0 Å². The molecule has 0 unspecified atom stereocenters. The normalized spacial score (nSPS) is 10.0. The SMILES string of the molecule is C[n+]1ccc(NCNc2cc[n+](C)cc2)cc1. The minimum Gasteiger partial charge on any atom is -0.368 e. The minimum absolute atomic E-state index is 0.710. The van der Waals surface area contributed by atoms with Gasteiger partial charge in [-0.15, -0.1) is 0 Å². The van der Waals surface area contributed by atoms with Crippen LogP contribution in [0.5, 0.6) is 0 Å². The molecule has 2 aromatic rings. The molecule has 2 rings (SSSR count). The van der Waals surface area contributed by atoms with Gasteiger partial charge in [0.25, 0.3) is 0 Å². The predicted molar refractivity (Wildman–Crippen MR) is 67.3 cm³/mol. The molecule has 0 amide bonds. The summed E-state index contributed by atoms with van der Waals surface area (Å²) in [5, 5.41) is 6.61. The van der Waals surface area contributed by atoms with Gasteiger partial charge in [0.05, 0.1) is 6.67 Å². The average molecular weight is 230 g/mol. The topological polar surface area (TPSA) is 31.8 Å². The molecule has 2 heterocycles. The van der Waals surface area contributed by atoms with E-state index >= 15 is 0 Å². The summed E-state index contributed by atoms with van der Waals surface area (Å²) < 4.78 is 4.02. The fourth-order valence-corrected chi connectivity index (χ4v) is 1.49. The van der Waals surface area contributed by atoms with Crippen LogP contribution in [0.3, 0.4) is 0 Å². The maximum atomic E-state index is 3.30. The van der Waals surface area contributed by atoms with E-state index < -0.39 is 0 Å². The molecule has 0 bridgehead atoms. The Labute approximate surface area is 102 Å². The minimum atomic E-state index is 0.710. The van der Waals surface area contributed by atoms with Crippen molar-refractivity contribution in [1.82, 2.24) is 0 Å². The lowest BCUT2D eigenvalue weighted by Gasteiger charge is -2.07. The van der Waals surface area contributed by atoms with Crippen molar-refractivity contribution in [1.29, 1.82) is 0 Å². The summed E-state index contributed by atoms with van der Waals surface area (Å²) in [4.78, 5) is 0. The third-order valence-corrected chi connectivity index (χ3v) is 2.54. The third-order valence-electron chi connectivity index (χ3n) is 2.54. The zero-order valence-corrected chi connectivity index (χ0v) is 10.2. The second-order valence-corrected chi connectivity index (χ2v) is 4.03. The summed E-state index contributed by atoms with van der Waals surface area (Å²) in [6, 6.07) is 8.19. The molecule has 0 aliphatic carbocycles. The Balaban J connectivity index is 1.83. The quantitative estimate of drug-likeness (QED) is 0.602. The lowest BCUT2D eigenvalue weighted by Crippen LogP contribution is -2.26. The molecule has 0 aromatic carbocycles. The van der Waals surface area contributed by atoms with E-state index in [0.29, 0.717) is 6.67 Å². The third kappa shape index (κ3) is 3.45. The Kier molecular flexibility index (Phi) is 3.55. The monoisotopic (exact) mass is 230 g/mol. The maximum absolute atomic E-state index is 3.30. The summed E-state index contributed by atoms with van der Waals surface area (Å²) >= 11 is 0. The highest BCUT2D eigenvalue weighted by Crippen LogP contribution is 2.04. The number of pyridine rings is 2. The van der Waals surface area contributed by atoms with Gasteiger partial charge in [0, 0.05) is 35.6 Å². The zero-order chi connectivity index (χ0) is 12.1. The first-order valence-electron chi connectivity index (χ1n) is 5.62. The molecular formula is C13H18N4+2. The van der Waals surface area contributed by atoms with Crippen LogP contribution in [0.4, 0.5) is 11.4 Å². The Hall–Kier alpha value is -2.10. The number of aromatic nitrogens is 2. The van der Waals surface area contributed by atoms with Crippen LogP contribution in [0, 0.1) is 0 Å². The molecule has 0 spiro atoms. The van der Waals surface area contributed by atoms with Crippen LogP contribution in [-0.4, -0.2) is 6.67 Å². The lowest BCUT2D eigenvalue weighted by atomic mass is 10.4. The smallest absolute Gasteiger partial charge is 0.170 e. The molecule has 0 aliphatic rings. The average Bonchev–Trinajstić information content (AvgIpc) is 2.34. The standard InChI is InChI=1S/C13H16N4/c1-16-7-3-12(4-8-16)14-11-15-13-5-9-17(2)10-6-13/h3-10H,11H2,1-2H3/p+2. The van der Waals surface area contributed by atoms with Crippen molar-refractivity contribution in [3.05, 3.63) is 49.1 Å². The van der Waals surface area contributed by atoms with Gasteiger partial charge in [0.15, 0.2) is 24.8 Å². The van der Waals surface area contributed by atoms with Crippen molar-refractivity contribution in [3.63, 3.8) is 0 Å². The first-order valence-corrected chi connectivity index (χ1v) is 5.62. The van der Waals surface area contributed by atoms with E-state index in [-0.39, 0.29) is 0 Å². The number of nitrogens with one attached hydrogen (secondary N) is 2. The zero-order valence-electron chi connectivity index (χ0n) is 10.2. The molecule has 2 N–H and O–H groups in total. The van der Waals surface area contributed by atoms with Crippen molar-refractivity contribution < 1.29 is 9.13 Å². The van der Waals surface area contributed by atoms with E-state index in [4.69, 9.17) is 0 Å². The van der Waals surface area contributed by atoms with E-state index in [1.807, 2.05) is 72.3 Å². The van der Waals surface area contributed by atoms with Crippen LogP contribution in [0.2, 0.25) is 0 Å². The van der Waals surface area contributed by atoms with Gasteiger partial charge >= 0.3 is 0 Å². The molecule has 4 nitrogen and oxygen atoms in total. The number of rotatable bonds is 4. The molecular weight excluding hydrogens is 212 g/mol. The largest absolute Gasteiger partial charge is 0.368 e. The Morgan fingerprint density at radius 1 is 0.765 bits per heavy atom. The van der Waals surface area contributed by atoms with Crippen molar-refractivity contribution in [3.8, 4) is 0 Å². The highest BCUT2D eigenvalue weighted by molar-refractivity contribution is 5.44. The van der Waals surface area contributed by atoms with Crippen molar-refractivity contribution in [2.75, 3.05) is 17.3 Å². The Bertz CT molecular complexity index is 416. The number of anilines is 2. The maximum Gasteiger partial charge on any atom is 0.170 e. The fraction of sp³-hybridized carbons (Fsp3) is 0.231. The predicted octanol–water partition coefficient (Wildman–Crippen LogP) is 0.817. The summed E-state index contributed by atoms with van der Waals surface area (Å²) in [6.45, 7) is 0.710. The van der Waals surface area contributed by atoms with Crippen LogP contribution in [0.15, 0.2) is 49.1 Å². The molecule has 17 heavy (non-hydrogen) atoms. The molecule has 0 atom stereocenters. The van der Waals surface area contributed by atoms with Gasteiger partial charge in [-0.05, 0) is 0 Å². The van der Waals surface area contributed by atoms with Crippen molar-refractivity contribution >= 4 is 11.4 Å².